The van der Waals surface area contributed by atoms with Gasteiger partial charge in [0.2, 0.25) is 11.8 Å². The highest BCUT2D eigenvalue weighted by molar-refractivity contribution is 5.95. The van der Waals surface area contributed by atoms with Crippen molar-refractivity contribution in [3.63, 3.8) is 0 Å². The maximum Gasteiger partial charge on any atom is 0.249 e. The van der Waals surface area contributed by atoms with Crippen molar-refractivity contribution in [2.75, 3.05) is 18.1 Å². The Morgan fingerprint density at radius 1 is 1.22 bits per heavy atom. The lowest BCUT2D eigenvalue weighted by atomic mass is 9.99. The molecular weight excluding hydrogens is 406 g/mol. The zero-order valence-corrected chi connectivity index (χ0v) is 19.1. The number of fused-ring (bicyclic) bond motifs is 1. The van der Waals surface area contributed by atoms with Crippen molar-refractivity contribution >= 4 is 17.6 Å². The van der Waals surface area contributed by atoms with Crippen LogP contribution in [0.15, 0.2) is 24.4 Å². The number of likely N-dealkylation sites (tertiary alicyclic amines) is 1. The lowest BCUT2D eigenvalue weighted by Crippen LogP contribution is -2.42. The molecule has 0 radical (unpaired) electrons. The quantitative estimate of drug-likeness (QED) is 0.690. The minimum Gasteiger partial charge on any atom is -0.369 e. The van der Waals surface area contributed by atoms with Gasteiger partial charge in [-0.2, -0.15) is 0 Å². The van der Waals surface area contributed by atoms with Crippen molar-refractivity contribution < 1.29 is 14.3 Å². The van der Waals surface area contributed by atoms with Crippen molar-refractivity contribution in [1.29, 1.82) is 0 Å². The van der Waals surface area contributed by atoms with Gasteiger partial charge in [-0.1, -0.05) is 6.07 Å². The van der Waals surface area contributed by atoms with E-state index in [1.165, 1.54) is 0 Å². The molecule has 0 unspecified atom stereocenters. The molecular formula is C24H31N5O3. The van der Waals surface area contributed by atoms with Crippen LogP contribution in [0, 0.1) is 6.92 Å². The molecule has 0 aromatic carbocycles. The van der Waals surface area contributed by atoms with E-state index in [2.05, 4.69) is 4.98 Å². The molecule has 0 aliphatic carbocycles. The predicted molar refractivity (Wildman–Crippen MR) is 120 cm³/mol. The summed E-state index contributed by atoms with van der Waals surface area (Å²) in [5.74, 6) is 1.27. The van der Waals surface area contributed by atoms with Gasteiger partial charge < -0.3 is 9.64 Å². The summed E-state index contributed by atoms with van der Waals surface area (Å²) in [7, 11) is 0. The molecule has 0 bridgehead atoms. The van der Waals surface area contributed by atoms with E-state index in [9.17, 15) is 9.59 Å². The first-order valence-electron chi connectivity index (χ1n) is 11.4. The monoisotopic (exact) mass is 437 g/mol. The molecule has 0 saturated carbocycles. The van der Waals surface area contributed by atoms with Gasteiger partial charge in [-0.3, -0.25) is 19.5 Å². The number of carbonyl (C=O) groups excluding carboxylic acids is 2. The minimum absolute atomic E-state index is 0.00408. The summed E-state index contributed by atoms with van der Waals surface area (Å²) in [6.07, 6.45) is 5.56. The molecule has 4 heterocycles. The maximum atomic E-state index is 12.9. The fourth-order valence-electron chi connectivity index (χ4n) is 4.39. The third kappa shape index (κ3) is 4.80. The second kappa shape index (κ2) is 9.73. The van der Waals surface area contributed by atoms with Gasteiger partial charge in [-0.05, 0) is 58.6 Å². The van der Waals surface area contributed by atoms with Crippen LogP contribution in [-0.2, 0) is 27.3 Å². The molecule has 1 atom stereocenters. The summed E-state index contributed by atoms with van der Waals surface area (Å²) in [6, 6.07) is 5.48. The molecule has 1 fully saturated rings. The van der Waals surface area contributed by atoms with E-state index in [1.807, 2.05) is 43.9 Å². The van der Waals surface area contributed by atoms with Crippen LogP contribution >= 0.6 is 0 Å². The number of hydrogen-bond donors (Lipinski definition) is 0. The molecule has 2 aromatic heterocycles. The fraction of sp³-hybridized carbons (Fsp3) is 0.542. The van der Waals surface area contributed by atoms with Crippen molar-refractivity contribution in [2.45, 2.75) is 71.6 Å². The molecule has 8 nitrogen and oxygen atoms in total. The smallest absolute Gasteiger partial charge is 0.249 e. The summed E-state index contributed by atoms with van der Waals surface area (Å²) in [6.45, 7) is 6.91. The Hall–Kier alpha value is -2.87. The van der Waals surface area contributed by atoms with Gasteiger partial charge in [0.25, 0.3) is 0 Å². The van der Waals surface area contributed by atoms with Crippen LogP contribution in [-0.4, -0.2) is 50.9 Å². The van der Waals surface area contributed by atoms with Crippen molar-refractivity contribution in [2.24, 2.45) is 0 Å². The molecule has 170 valence electrons. The Bertz CT molecular complexity index is 979. The number of amides is 2. The van der Waals surface area contributed by atoms with Crippen LogP contribution in [0.4, 0.5) is 5.82 Å². The first kappa shape index (κ1) is 22.3. The number of piperidine rings is 1. The van der Waals surface area contributed by atoms with E-state index in [0.717, 1.165) is 36.2 Å². The van der Waals surface area contributed by atoms with Crippen molar-refractivity contribution in [1.82, 2.24) is 19.9 Å². The number of anilines is 1. The Morgan fingerprint density at radius 3 is 2.81 bits per heavy atom. The van der Waals surface area contributed by atoms with E-state index in [0.29, 0.717) is 37.6 Å². The average molecular weight is 438 g/mol. The van der Waals surface area contributed by atoms with E-state index in [1.54, 1.807) is 11.1 Å². The normalized spacial score (nSPS) is 18.8. The SMILES string of the molecule is Cc1nc([C@@H]2CCCCN2C(=O)COC(C)C)nc2c1CCC(=O)N2Cc1ccccn1. The van der Waals surface area contributed by atoms with Crippen LogP contribution in [0.25, 0.3) is 0 Å². The second-order valence-corrected chi connectivity index (χ2v) is 8.73. The van der Waals surface area contributed by atoms with E-state index < -0.39 is 0 Å². The summed E-state index contributed by atoms with van der Waals surface area (Å²) < 4.78 is 5.56. The highest BCUT2D eigenvalue weighted by Gasteiger charge is 2.34. The van der Waals surface area contributed by atoms with Crippen LogP contribution in [0.5, 0.6) is 0 Å². The molecule has 2 aliphatic rings. The number of hydrogen-bond acceptors (Lipinski definition) is 6. The first-order valence-corrected chi connectivity index (χ1v) is 11.4. The highest BCUT2D eigenvalue weighted by atomic mass is 16.5. The van der Waals surface area contributed by atoms with Gasteiger partial charge >= 0.3 is 0 Å². The maximum absolute atomic E-state index is 12.9. The fourth-order valence-corrected chi connectivity index (χ4v) is 4.39. The number of aryl methyl sites for hydroxylation is 1. The molecule has 2 aliphatic heterocycles. The number of aromatic nitrogens is 3. The number of pyridine rings is 1. The number of rotatable bonds is 6. The third-order valence-electron chi connectivity index (χ3n) is 6.06. The van der Waals surface area contributed by atoms with Crippen LogP contribution in [0.1, 0.15) is 68.3 Å². The van der Waals surface area contributed by atoms with Gasteiger partial charge in [0.05, 0.1) is 24.4 Å². The van der Waals surface area contributed by atoms with E-state index in [4.69, 9.17) is 14.7 Å². The van der Waals surface area contributed by atoms with Gasteiger partial charge in [-0.15, -0.1) is 0 Å². The Balaban J connectivity index is 1.66. The molecule has 8 heteroatoms. The minimum atomic E-state index is -0.204. The highest BCUT2D eigenvalue weighted by Crippen LogP contribution is 2.34. The Kier molecular flexibility index (Phi) is 6.79. The lowest BCUT2D eigenvalue weighted by Gasteiger charge is -2.36. The lowest BCUT2D eigenvalue weighted by molar-refractivity contribution is -0.141. The topological polar surface area (TPSA) is 88.5 Å². The average Bonchev–Trinajstić information content (AvgIpc) is 2.80. The summed E-state index contributed by atoms with van der Waals surface area (Å²) in [5.41, 5.74) is 2.69. The zero-order valence-electron chi connectivity index (χ0n) is 19.1. The first-order chi connectivity index (χ1) is 15.4. The van der Waals surface area contributed by atoms with Crippen LogP contribution in [0.2, 0.25) is 0 Å². The third-order valence-corrected chi connectivity index (χ3v) is 6.06. The summed E-state index contributed by atoms with van der Waals surface area (Å²) in [4.78, 5) is 43.4. The number of nitrogens with zero attached hydrogens (tertiary/aromatic N) is 5. The summed E-state index contributed by atoms with van der Waals surface area (Å²) in [5, 5.41) is 0. The standard InChI is InChI=1S/C24H31N5O3/c1-16(2)32-15-22(31)28-13-7-5-9-20(28)23-26-17(3)19-10-11-21(30)29(24(19)27-23)14-18-8-4-6-12-25-18/h4,6,8,12,16,20H,5,7,9-11,13-15H2,1-3H3/t20-/m0/s1. The molecule has 32 heavy (non-hydrogen) atoms. The summed E-state index contributed by atoms with van der Waals surface area (Å²) >= 11 is 0. The molecule has 1 saturated heterocycles. The van der Waals surface area contributed by atoms with Gasteiger partial charge in [0, 0.05) is 30.4 Å². The number of ether oxygens (including phenoxy) is 1. The molecule has 4 rings (SSSR count). The largest absolute Gasteiger partial charge is 0.369 e. The Labute approximate surface area is 189 Å². The molecule has 2 aromatic rings. The second-order valence-electron chi connectivity index (χ2n) is 8.73. The van der Waals surface area contributed by atoms with Crippen molar-refractivity contribution in [3.8, 4) is 0 Å². The molecule has 2 amide bonds. The van der Waals surface area contributed by atoms with Crippen LogP contribution < -0.4 is 4.90 Å². The van der Waals surface area contributed by atoms with Gasteiger partial charge in [0.1, 0.15) is 12.4 Å². The van der Waals surface area contributed by atoms with Gasteiger partial charge in [0.15, 0.2) is 5.82 Å². The predicted octanol–water partition coefficient (Wildman–Crippen LogP) is 3.14. The molecule has 0 spiro atoms. The number of carbonyl (C=O) groups is 2. The molecule has 0 N–H and O–H groups in total. The van der Waals surface area contributed by atoms with E-state index >= 15 is 0 Å². The van der Waals surface area contributed by atoms with Crippen LogP contribution in [0.3, 0.4) is 0 Å². The van der Waals surface area contributed by atoms with Gasteiger partial charge in [-0.25, -0.2) is 9.97 Å². The zero-order chi connectivity index (χ0) is 22.7. The van der Waals surface area contributed by atoms with Crippen molar-refractivity contribution in [3.05, 3.63) is 47.2 Å². The van der Waals surface area contributed by atoms with E-state index in [-0.39, 0.29) is 30.6 Å². The Morgan fingerprint density at radius 2 is 2.06 bits per heavy atom.